The standard InChI is InChI=1S/C13H18ClNO4S2/c1-15(13-5-6-20(16,17)10-13)21(18,19)9-12-4-2-3-11(7-12)8-14/h2-4,7,13H,5-6,8-10H2,1H3. The lowest BCUT2D eigenvalue weighted by Gasteiger charge is -2.22. The largest absolute Gasteiger partial charge is 0.229 e. The third kappa shape index (κ3) is 4.18. The van der Waals surface area contributed by atoms with E-state index in [4.69, 9.17) is 11.6 Å². The van der Waals surface area contributed by atoms with Gasteiger partial charge in [0.25, 0.3) is 0 Å². The van der Waals surface area contributed by atoms with E-state index in [1.165, 1.54) is 11.4 Å². The summed E-state index contributed by atoms with van der Waals surface area (Å²) in [6, 6.07) is 6.62. The molecule has 1 aliphatic heterocycles. The molecule has 5 nitrogen and oxygen atoms in total. The van der Waals surface area contributed by atoms with E-state index in [0.29, 0.717) is 17.9 Å². The van der Waals surface area contributed by atoms with E-state index in [1.807, 2.05) is 6.07 Å². The van der Waals surface area contributed by atoms with Gasteiger partial charge >= 0.3 is 0 Å². The van der Waals surface area contributed by atoms with Crippen molar-refractivity contribution in [3.8, 4) is 0 Å². The van der Waals surface area contributed by atoms with E-state index in [0.717, 1.165) is 5.56 Å². The molecule has 1 aromatic rings. The van der Waals surface area contributed by atoms with Crippen LogP contribution in [0.25, 0.3) is 0 Å². The van der Waals surface area contributed by atoms with E-state index in [2.05, 4.69) is 0 Å². The Morgan fingerprint density at radius 2 is 2.00 bits per heavy atom. The summed E-state index contributed by atoms with van der Waals surface area (Å²) in [6.45, 7) is 0. The van der Waals surface area contributed by atoms with Gasteiger partial charge in [0, 0.05) is 19.0 Å². The fourth-order valence-corrected chi connectivity index (χ4v) is 5.88. The van der Waals surface area contributed by atoms with Crippen LogP contribution in [0.15, 0.2) is 24.3 Å². The molecule has 1 saturated heterocycles. The average molecular weight is 352 g/mol. The molecule has 0 aromatic heterocycles. The van der Waals surface area contributed by atoms with Crippen LogP contribution in [-0.4, -0.2) is 45.7 Å². The van der Waals surface area contributed by atoms with Crippen molar-refractivity contribution in [2.45, 2.75) is 24.1 Å². The molecule has 21 heavy (non-hydrogen) atoms. The SMILES string of the molecule is CN(C1CCS(=O)(=O)C1)S(=O)(=O)Cc1cccc(CCl)c1. The first-order chi connectivity index (χ1) is 9.73. The number of rotatable bonds is 5. The van der Waals surface area contributed by atoms with Gasteiger partial charge in [-0.2, -0.15) is 0 Å². The zero-order valence-corrected chi connectivity index (χ0v) is 14.1. The molecule has 1 fully saturated rings. The lowest BCUT2D eigenvalue weighted by Crippen LogP contribution is -2.38. The second-order valence-electron chi connectivity index (χ2n) is 5.28. The van der Waals surface area contributed by atoms with Crippen molar-refractivity contribution in [1.82, 2.24) is 4.31 Å². The molecule has 0 spiro atoms. The smallest absolute Gasteiger partial charge is 0.218 e. The summed E-state index contributed by atoms with van der Waals surface area (Å²) in [4.78, 5) is 0. The second kappa shape index (κ2) is 6.24. The second-order valence-corrected chi connectivity index (χ2v) is 9.81. The molecule has 1 aliphatic rings. The number of halogens is 1. The highest BCUT2D eigenvalue weighted by atomic mass is 35.5. The van der Waals surface area contributed by atoms with Gasteiger partial charge in [-0.15, -0.1) is 11.6 Å². The Balaban J connectivity index is 2.14. The van der Waals surface area contributed by atoms with E-state index in [1.54, 1.807) is 18.2 Å². The summed E-state index contributed by atoms with van der Waals surface area (Å²) in [5.41, 5.74) is 1.51. The van der Waals surface area contributed by atoms with Crippen molar-refractivity contribution in [3.05, 3.63) is 35.4 Å². The van der Waals surface area contributed by atoms with Crippen molar-refractivity contribution < 1.29 is 16.8 Å². The third-order valence-corrected chi connectivity index (χ3v) is 7.59. The summed E-state index contributed by atoms with van der Waals surface area (Å²) in [6.07, 6.45) is 0.361. The summed E-state index contributed by atoms with van der Waals surface area (Å²) in [5, 5.41) is 0. The third-order valence-electron chi connectivity index (χ3n) is 3.66. The van der Waals surface area contributed by atoms with E-state index in [9.17, 15) is 16.8 Å². The lowest BCUT2D eigenvalue weighted by atomic mass is 10.2. The van der Waals surface area contributed by atoms with Gasteiger partial charge in [0.05, 0.1) is 17.3 Å². The summed E-state index contributed by atoms with van der Waals surface area (Å²) >= 11 is 5.74. The van der Waals surface area contributed by atoms with Gasteiger partial charge < -0.3 is 0 Å². The number of hydrogen-bond donors (Lipinski definition) is 0. The van der Waals surface area contributed by atoms with Crippen LogP contribution in [0.3, 0.4) is 0 Å². The van der Waals surface area contributed by atoms with Gasteiger partial charge in [-0.05, 0) is 17.5 Å². The number of alkyl halides is 1. The van der Waals surface area contributed by atoms with Crippen molar-refractivity contribution >= 4 is 31.5 Å². The van der Waals surface area contributed by atoms with E-state index in [-0.39, 0.29) is 17.3 Å². The molecule has 0 bridgehead atoms. The molecule has 8 heteroatoms. The van der Waals surface area contributed by atoms with Crippen LogP contribution >= 0.6 is 11.6 Å². The highest BCUT2D eigenvalue weighted by Crippen LogP contribution is 2.21. The lowest BCUT2D eigenvalue weighted by molar-refractivity contribution is 0.393. The van der Waals surface area contributed by atoms with Gasteiger partial charge in [0.1, 0.15) is 0 Å². The first-order valence-corrected chi connectivity index (χ1v) is 10.5. The topological polar surface area (TPSA) is 71.5 Å². The van der Waals surface area contributed by atoms with Gasteiger partial charge in [-0.25, -0.2) is 21.1 Å². The van der Waals surface area contributed by atoms with Crippen LogP contribution < -0.4 is 0 Å². The average Bonchev–Trinajstić information content (AvgIpc) is 2.77. The Morgan fingerprint density at radius 3 is 2.57 bits per heavy atom. The summed E-state index contributed by atoms with van der Waals surface area (Å²) < 4.78 is 48.9. The minimum Gasteiger partial charge on any atom is -0.229 e. The fraction of sp³-hybridized carbons (Fsp3) is 0.538. The number of sulfone groups is 1. The Morgan fingerprint density at radius 1 is 1.33 bits per heavy atom. The highest BCUT2D eigenvalue weighted by molar-refractivity contribution is 7.92. The molecule has 1 atom stereocenters. The molecule has 0 N–H and O–H groups in total. The zero-order valence-electron chi connectivity index (χ0n) is 11.7. The molecule has 0 aliphatic carbocycles. The van der Waals surface area contributed by atoms with Gasteiger partial charge in [0.2, 0.25) is 10.0 Å². The van der Waals surface area contributed by atoms with E-state index >= 15 is 0 Å². The predicted octanol–water partition coefficient (Wildman–Crippen LogP) is 1.37. The van der Waals surface area contributed by atoms with E-state index < -0.39 is 25.9 Å². The maximum atomic E-state index is 12.4. The van der Waals surface area contributed by atoms with Crippen molar-refractivity contribution in [1.29, 1.82) is 0 Å². The number of nitrogens with zero attached hydrogens (tertiary/aromatic N) is 1. The molecule has 2 rings (SSSR count). The van der Waals surface area contributed by atoms with Gasteiger partial charge in [-0.1, -0.05) is 24.3 Å². The molecule has 0 amide bonds. The molecule has 118 valence electrons. The molecule has 1 unspecified atom stereocenters. The maximum Gasteiger partial charge on any atom is 0.218 e. The Labute approximate surface area is 130 Å². The monoisotopic (exact) mass is 351 g/mol. The van der Waals surface area contributed by atoms with Crippen molar-refractivity contribution in [3.63, 3.8) is 0 Å². The normalized spacial score (nSPS) is 21.8. The molecule has 1 heterocycles. The molecular formula is C13H18ClNO4S2. The molecule has 0 saturated carbocycles. The van der Waals surface area contributed by atoms with Crippen LogP contribution in [0, 0.1) is 0 Å². The van der Waals surface area contributed by atoms with Gasteiger partial charge in [0.15, 0.2) is 9.84 Å². The Kier molecular flexibility index (Phi) is 4.97. The number of benzene rings is 1. The Bertz CT molecular complexity index is 715. The minimum absolute atomic E-state index is 0.0548. The van der Waals surface area contributed by atoms with Crippen LogP contribution in [0.1, 0.15) is 17.5 Å². The van der Waals surface area contributed by atoms with Crippen LogP contribution in [0.4, 0.5) is 0 Å². The quantitative estimate of drug-likeness (QED) is 0.751. The zero-order chi connectivity index (χ0) is 15.7. The van der Waals surface area contributed by atoms with Crippen LogP contribution in [0.2, 0.25) is 0 Å². The molecular weight excluding hydrogens is 334 g/mol. The number of sulfonamides is 1. The molecule has 0 radical (unpaired) electrons. The first-order valence-electron chi connectivity index (χ1n) is 6.53. The Hall–Kier alpha value is -0.630. The van der Waals surface area contributed by atoms with Crippen LogP contribution in [0.5, 0.6) is 0 Å². The fourth-order valence-electron chi connectivity index (χ4n) is 2.40. The minimum atomic E-state index is -3.55. The first kappa shape index (κ1) is 16.7. The maximum absolute atomic E-state index is 12.4. The predicted molar refractivity (Wildman–Crippen MR) is 83.4 cm³/mol. The van der Waals surface area contributed by atoms with Crippen LogP contribution in [-0.2, 0) is 31.5 Å². The number of hydrogen-bond acceptors (Lipinski definition) is 4. The summed E-state index contributed by atoms with van der Waals surface area (Å²) in [5.74, 6) is 0.138. The van der Waals surface area contributed by atoms with Crippen molar-refractivity contribution in [2.24, 2.45) is 0 Å². The highest BCUT2D eigenvalue weighted by Gasteiger charge is 2.35. The summed E-state index contributed by atoms with van der Waals surface area (Å²) in [7, 11) is -5.20. The van der Waals surface area contributed by atoms with Crippen molar-refractivity contribution in [2.75, 3.05) is 18.6 Å². The van der Waals surface area contributed by atoms with Gasteiger partial charge in [-0.3, -0.25) is 0 Å². The molecule has 1 aromatic carbocycles.